The molecule has 0 saturated carbocycles. The fourth-order valence-electron chi connectivity index (χ4n) is 3.51. The van der Waals surface area contributed by atoms with Crippen LogP contribution in [0.1, 0.15) is 71.9 Å². The molecule has 2 aromatic carbocycles. The summed E-state index contributed by atoms with van der Waals surface area (Å²) in [6.07, 6.45) is 0.296. The molecular formula is C22H22N2O2. The molecule has 1 heterocycles. The zero-order valence-corrected chi connectivity index (χ0v) is 15.5. The van der Waals surface area contributed by atoms with Crippen LogP contribution in [0.2, 0.25) is 0 Å². The third kappa shape index (κ3) is 2.70. The molecule has 132 valence electrons. The predicted molar refractivity (Wildman–Crippen MR) is 101 cm³/mol. The van der Waals surface area contributed by atoms with Crippen LogP contribution in [0.15, 0.2) is 42.5 Å². The van der Waals surface area contributed by atoms with Crippen LogP contribution in [0.4, 0.5) is 5.69 Å². The van der Waals surface area contributed by atoms with Gasteiger partial charge in [0.1, 0.15) is 0 Å². The van der Waals surface area contributed by atoms with Crippen LogP contribution in [0, 0.1) is 11.3 Å². The second kappa shape index (κ2) is 6.42. The number of carbonyl (C=O) groups excluding carboxylic acids is 2. The molecule has 4 nitrogen and oxygen atoms in total. The Morgan fingerprint density at radius 1 is 1.00 bits per heavy atom. The zero-order chi connectivity index (χ0) is 19.1. The second-order valence-corrected chi connectivity index (χ2v) is 7.61. The van der Waals surface area contributed by atoms with Crippen LogP contribution >= 0.6 is 0 Å². The van der Waals surface area contributed by atoms with Crippen molar-refractivity contribution >= 4 is 17.5 Å². The first-order chi connectivity index (χ1) is 12.3. The van der Waals surface area contributed by atoms with E-state index in [1.165, 1.54) is 4.90 Å². The van der Waals surface area contributed by atoms with Crippen molar-refractivity contribution in [2.24, 2.45) is 0 Å². The molecule has 0 spiro atoms. The summed E-state index contributed by atoms with van der Waals surface area (Å²) >= 11 is 0. The van der Waals surface area contributed by atoms with Crippen molar-refractivity contribution in [1.82, 2.24) is 0 Å². The maximum atomic E-state index is 13.1. The highest BCUT2D eigenvalue weighted by Gasteiger charge is 2.40. The van der Waals surface area contributed by atoms with Crippen molar-refractivity contribution in [2.45, 2.75) is 45.4 Å². The number of hydrogen-bond acceptors (Lipinski definition) is 3. The van der Waals surface area contributed by atoms with Crippen molar-refractivity contribution < 1.29 is 9.59 Å². The van der Waals surface area contributed by atoms with E-state index in [0.29, 0.717) is 23.2 Å². The summed E-state index contributed by atoms with van der Waals surface area (Å²) in [5.74, 6) is -0.465. The van der Waals surface area contributed by atoms with Crippen molar-refractivity contribution in [2.75, 3.05) is 4.90 Å². The number of benzene rings is 2. The Bertz CT molecular complexity index is 900. The average molecular weight is 346 g/mol. The molecule has 0 unspecified atom stereocenters. The van der Waals surface area contributed by atoms with Crippen LogP contribution in [-0.2, 0) is 5.41 Å². The standard InChI is InChI=1S/C22H22N2O2/c1-14(2)15-10-7-11-18(22(3,4)12-13-23)19(15)24-20(25)16-8-5-6-9-17(16)21(24)26/h5-11,14H,12H2,1-4H3. The van der Waals surface area contributed by atoms with Gasteiger partial charge in [-0.2, -0.15) is 5.26 Å². The molecule has 0 aromatic heterocycles. The maximum absolute atomic E-state index is 13.1. The first-order valence-electron chi connectivity index (χ1n) is 8.77. The van der Waals surface area contributed by atoms with Gasteiger partial charge in [-0.15, -0.1) is 0 Å². The molecular weight excluding hydrogens is 324 g/mol. The van der Waals surface area contributed by atoms with Gasteiger partial charge in [0.25, 0.3) is 11.8 Å². The number of anilines is 1. The quantitative estimate of drug-likeness (QED) is 0.747. The molecule has 0 saturated heterocycles. The summed E-state index contributed by atoms with van der Waals surface area (Å²) < 4.78 is 0. The lowest BCUT2D eigenvalue weighted by atomic mass is 9.78. The van der Waals surface area contributed by atoms with E-state index in [4.69, 9.17) is 0 Å². The lowest BCUT2D eigenvalue weighted by Crippen LogP contribution is -2.34. The lowest BCUT2D eigenvalue weighted by Gasteiger charge is -2.31. The molecule has 0 atom stereocenters. The molecule has 26 heavy (non-hydrogen) atoms. The number of carbonyl (C=O) groups is 2. The molecule has 2 aromatic rings. The normalized spacial score (nSPS) is 13.9. The van der Waals surface area contributed by atoms with Crippen molar-refractivity contribution in [3.05, 3.63) is 64.7 Å². The van der Waals surface area contributed by atoms with Gasteiger partial charge in [0.15, 0.2) is 0 Å². The van der Waals surface area contributed by atoms with E-state index in [1.54, 1.807) is 24.3 Å². The minimum atomic E-state index is -0.482. The number of nitrogens with zero attached hydrogens (tertiary/aromatic N) is 2. The molecule has 4 heteroatoms. The Kier molecular flexibility index (Phi) is 4.41. The predicted octanol–water partition coefficient (Wildman–Crippen LogP) is 4.80. The topological polar surface area (TPSA) is 61.2 Å². The van der Waals surface area contributed by atoms with E-state index in [1.807, 2.05) is 45.9 Å². The lowest BCUT2D eigenvalue weighted by molar-refractivity contribution is 0.0925. The smallest absolute Gasteiger partial charge is 0.266 e. The van der Waals surface area contributed by atoms with Gasteiger partial charge in [0.2, 0.25) is 0 Å². The zero-order valence-electron chi connectivity index (χ0n) is 15.5. The molecule has 3 rings (SSSR count). The molecule has 0 N–H and O–H groups in total. The van der Waals surface area contributed by atoms with Gasteiger partial charge in [0, 0.05) is 11.8 Å². The molecule has 2 amide bonds. The highest BCUT2D eigenvalue weighted by molar-refractivity contribution is 6.35. The Balaban J connectivity index is 2.27. The number of amides is 2. The minimum absolute atomic E-state index is 0.132. The van der Waals surface area contributed by atoms with Crippen molar-refractivity contribution in [3.8, 4) is 6.07 Å². The maximum Gasteiger partial charge on any atom is 0.266 e. The van der Waals surface area contributed by atoms with E-state index in [0.717, 1.165) is 11.1 Å². The summed E-state index contributed by atoms with van der Waals surface area (Å²) in [5.41, 5.74) is 2.79. The monoisotopic (exact) mass is 346 g/mol. The number of nitriles is 1. The van der Waals surface area contributed by atoms with E-state index >= 15 is 0 Å². The number of fused-ring (bicyclic) bond motifs is 1. The second-order valence-electron chi connectivity index (χ2n) is 7.61. The first-order valence-corrected chi connectivity index (χ1v) is 8.77. The van der Waals surface area contributed by atoms with E-state index in [2.05, 4.69) is 6.07 Å². The number of para-hydroxylation sites is 1. The molecule has 0 bridgehead atoms. The summed E-state index contributed by atoms with van der Waals surface area (Å²) in [4.78, 5) is 27.4. The Labute approximate surface area is 154 Å². The van der Waals surface area contributed by atoms with Gasteiger partial charge in [-0.25, -0.2) is 4.90 Å². The summed E-state index contributed by atoms with van der Waals surface area (Å²) in [5, 5.41) is 9.25. The van der Waals surface area contributed by atoms with Crippen LogP contribution in [0.3, 0.4) is 0 Å². The largest absolute Gasteiger partial charge is 0.268 e. The minimum Gasteiger partial charge on any atom is -0.268 e. The third-order valence-corrected chi connectivity index (χ3v) is 4.96. The Hall–Kier alpha value is -2.93. The third-order valence-electron chi connectivity index (χ3n) is 4.96. The number of imide groups is 1. The molecule has 1 aliphatic heterocycles. The van der Waals surface area contributed by atoms with Gasteiger partial charge in [-0.3, -0.25) is 9.59 Å². The van der Waals surface area contributed by atoms with Gasteiger partial charge in [-0.05, 0) is 29.2 Å². The van der Waals surface area contributed by atoms with Crippen molar-refractivity contribution in [1.29, 1.82) is 5.26 Å². The SMILES string of the molecule is CC(C)c1cccc(C(C)(C)CC#N)c1N1C(=O)c2ccccc2C1=O. The number of hydrogen-bond donors (Lipinski definition) is 0. The number of rotatable bonds is 4. The molecule has 0 fully saturated rings. The Morgan fingerprint density at radius 3 is 2.08 bits per heavy atom. The van der Waals surface area contributed by atoms with Gasteiger partial charge >= 0.3 is 0 Å². The van der Waals surface area contributed by atoms with E-state index in [-0.39, 0.29) is 17.7 Å². The van der Waals surface area contributed by atoms with Crippen molar-refractivity contribution in [3.63, 3.8) is 0 Å². The van der Waals surface area contributed by atoms with Gasteiger partial charge < -0.3 is 0 Å². The highest BCUT2D eigenvalue weighted by atomic mass is 16.2. The molecule has 0 aliphatic carbocycles. The summed E-state index contributed by atoms with van der Waals surface area (Å²) in [6.45, 7) is 8.02. The molecule has 0 radical (unpaired) electrons. The highest BCUT2D eigenvalue weighted by Crippen LogP contribution is 2.42. The fourth-order valence-corrected chi connectivity index (χ4v) is 3.51. The van der Waals surface area contributed by atoms with Crippen LogP contribution in [0.5, 0.6) is 0 Å². The van der Waals surface area contributed by atoms with Crippen LogP contribution in [-0.4, -0.2) is 11.8 Å². The summed E-state index contributed by atoms with van der Waals surface area (Å²) in [6, 6.07) is 14.9. The van der Waals surface area contributed by atoms with Gasteiger partial charge in [0.05, 0.1) is 22.9 Å². The molecule has 1 aliphatic rings. The fraction of sp³-hybridized carbons (Fsp3) is 0.318. The Morgan fingerprint density at radius 2 is 1.58 bits per heavy atom. The first kappa shape index (κ1) is 17.9. The van der Waals surface area contributed by atoms with Crippen LogP contribution < -0.4 is 4.90 Å². The van der Waals surface area contributed by atoms with E-state index in [9.17, 15) is 14.9 Å². The van der Waals surface area contributed by atoms with Gasteiger partial charge in [-0.1, -0.05) is 58.0 Å². The van der Waals surface area contributed by atoms with Crippen LogP contribution in [0.25, 0.3) is 0 Å². The average Bonchev–Trinajstić information content (AvgIpc) is 2.85. The summed E-state index contributed by atoms with van der Waals surface area (Å²) in [7, 11) is 0. The van der Waals surface area contributed by atoms with E-state index < -0.39 is 5.41 Å².